The maximum Gasteiger partial charge on any atom is -0.00869 e. The average molecular weight is 142 g/mol. The third kappa shape index (κ3) is 5.05. The maximum atomic E-state index is 4.30. The van der Waals surface area contributed by atoms with Gasteiger partial charge in [0.15, 0.2) is 0 Å². The van der Waals surface area contributed by atoms with Crippen LogP contribution in [0.5, 0.6) is 0 Å². The van der Waals surface area contributed by atoms with Gasteiger partial charge in [-0.2, -0.15) is 8.09 Å². The molecule has 0 heterocycles. The highest BCUT2D eigenvalue weighted by Gasteiger charge is 1.97. The van der Waals surface area contributed by atoms with Crippen LogP contribution >= 0.6 is 30.5 Å². The number of thiol groups is 1. The highest BCUT2D eigenvalue weighted by Crippen LogP contribution is 2.55. The lowest BCUT2D eigenvalue weighted by Crippen LogP contribution is -1.70. The molecule has 0 saturated heterocycles. The van der Waals surface area contributed by atoms with E-state index in [0.717, 1.165) is 0 Å². The van der Waals surface area contributed by atoms with Crippen LogP contribution in [0.2, 0.25) is 0 Å². The first-order chi connectivity index (χ1) is 2.56. The van der Waals surface area contributed by atoms with Crippen molar-refractivity contribution in [1.29, 1.82) is 0 Å². The van der Waals surface area contributed by atoms with E-state index in [9.17, 15) is 0 Å². The fraction of sp³-hybridized carbons (Fsp3) is 1.00. The summed E-state index contributed by atoms with van der Waals surface area (Å²) in [5.41, 5.74) is 0. The minimum absolute atomic E-state index is 0.551. The monoisotopic (exact) mass is 142 g/mol. The topological polar surface area (TPSA) is 0 Å². The normalized spacial score (nSPS) is 14.7. The summed E-state index contributed by atoms with van der Waals surface area (Å²) in [5, 5.41) is 0. The Morgan fingerprint density at radius 1 is 1.50 bits per heavy atom. The van der Waals surface area contributed by atoms with Crippen molar-refractivity contribution in [1.82, 2.24) is 0 Å². The van der Waals surface area contributed by atoms with Gasteiger partial charge in [0.2, 0.25) is 0 Å². The summed E-state index contributed by atoms with van der Waals surface area (Å²) in [7, 11) is 1.28. The van der Waals surface area contributed by atoms with Crippen molar-refractivity contribution in [3.8, 4) is 0 Å². The zero-order chi connectivity index (χ0) is 5.21. The van der Waals surface area contributed by atoms with Crippen LogP contribution < -0.4 is 0 Å². The van der Waals surface area contributed by atoms with Gasteiger partial charge in [-0.25, -0.2) is 0 Å². The predicted molar refractivity (Wildman–Crippen MR) is 41.9 cm³/mol. The molecule has 0 nitrogen and oxygen atoms in total. The van der Waals surface area contributed by atoms with E-state index < -0.39 is 8.09 Å². The number of hydrogen-bond acceptors (Lipinski definition) is 2. The SMILES string of the molecule is CSS(C)(C)S. The Morgan fingerprint density at radius 3 is 1.67 bits per heavy atom. The number of rotatable bonds is 1. The van der Waals surface area contributed by atoms with Gasteiger partial charge in [0.05, 0.1) is 0 Å². The summed E-state index contributed by atoms with van der Waals surface area (Å²) in [6, 6.07) is 0. The fourth-order valence-corrected chi connectivity index (χ4v) is 0. The van der Waals surface area contributed by atoms with Crippen LogP contribution in [0.15, 0.2) is 0 Å². The molecule has 0 aromatic heterocycles. The molecule has 0 rings (SSSR count). The molecule has 0 aliphatic heterocycles. The first-order valence-electron chi connectivity index (χ1n) is 1.57. The van der Waals surface area contributed by atoms with Crippen LogP contribution in [0.4, 0.5) is 0 Å². The first-order valence-corrected chi connectivity index (χ1v) is 6.82. The Labute approximate surface area is 49.6 Å². The molecule has 3 heteroatoms. The molecule has 0 spiro atoms. The van der Waals surface area contributed by atoms with Gasteiger partial charge in [-0.1, -0.05) is 0 Å². The van der Waals surface area contributed by atoms with Crippen molar-refractivity contribution in [3.63, 3.8) is 0 Å². The van der Waals surface area contributed by atoms with Gasteiger partial charge in [-0.05, 0) is 18.8 Å². The van der Waals surface area contributed by atoms with Gasteiger partial charge >= 0.3 is 0 Å². The molecule has 0 bridgehead atoms. The third-order valence-electron chi connectivity index (χ3n) is 0.408. The van der Waals surface area contributed by atoms with Crippen molar-refractivity contribution in [2.45, 2.75) is 0 Å². The van der Waals surface area contributed by atoms with Gasteiger partial charge in [0, 0.05) is 0 Å². The zero-order valence-corrected chi connectivity index (χ0v) is 6.79. The smallest absolute Gasteiger partial charge is 0.00869 e. The highest BCUT2D eigenvalue weighted by molar-refractivity contribution is 9.21. The summed E-state index contributed by atoms with van der Waals surface area (Å²) in [6.45, 7) is 0. The third-order valence-corrected chi connectivity index (χ3v) is 5.01. The van der Waals surface area contributed by atoms with E-state index >= 15 is 0 Å². The molecule has 6 heavy (non-hydrogen) atoms. The highest BCUT2D eigenvalue weighted by atomic mass is 33.5. The molecule has 0 aromatic rings. The fourth-order valence-electron chi connectivity index (χ4n) is 0. The lowest BCUT2D eigenvalue weighted by atomic mass is 11.9. The minimum atomic E-state index is -0.551. The van der Waals surface area contributed by atoms with Gasteiger partial charge in [-0.15, -0.1) is 22.5 Å². The van der Waals surface area contributed by atoms with E-state index in [0.29, 0.717) is 0 Å². The molecule has 0 aromatic carbocycles. The van der Waals surface area contributed by atoms with Gasteiger partial charge < -0.3 is 0 Å². The Bertz CT molecular complexity index is 35.8. The first kappa shape index (κ1) is 7.05. The van der Waals surface area contributed by atoms with Crippen LogP contribution in [0.1, 0.15) is 0 Å². The summed E-state index contributed by atoms with van der Waals surface area (Å²) in [6.07, 6.45) is 6.39. The molecule has 0 saturated carbocycles. The Morgan fingerprint density at radius 2 is 1.67 bits per heavy atom. The lowest BCUT2D eigenvalue weighted by molar-refractivity contribution is 2.33. The molecule has 0 amide bonds. The largest absolute Gasteiger partial charge is 0.153 e. The second kappa shape index (κ2) is 2.38. The van der Waals surface area contributed by atoms with Crippen molar-refractivity contribution in [3.05, 3.63) is 0 Å². The molecule has 0 radical (unpaired) electrons. The van der Waals surface area contributed by atoms with E-state index in [1.807, 2.05) is 10.8 Å². The Kier molecular flexibility index (Phi) is 2.80. The second-order valence-corrected chi connectivity index (χ2v) is 11.0. The molecule has 0 fully saturated rings. The van der Waals surface area contributed by atoms with Crippen LogP contribution in [-0.4, -0.2) is 18.8 Å². The molecular formula is C3H10S3. The quantitative estimate of drug-likeness (QED) is 0.432. The maximum absolute atomic E-state index is 4.30. The molecular weight excluding hydrogens is 132 g/mol. The Balaban J connectivity index is 3.17. The minimum Gasteiger partial charge on any atom is -0.153 e. The second-order valence-electron chi connectivity index (χ2n) is 1.35. The molecule has 0 aliphatic rings. The zero-order valence-electron chi connectivity index (χ0n) is 4.26. The van der Waals surface area contributed by atoms with Crippen LogP contribution in [0, 0.1) is 0 Å². The van der Waals surface area contributed by atoms with Crippen molar-refractivity contribution in [2.75, 3.05) is 18.8 Å². The summed E-state index contributed by atoms with van der Waals surface area (Å²) < 4.78 is 0. The van der Waals surface area contributed by atoms with Crippen molar-refractivity contribution < 1.29 is 0 Å². The van der Waals surface area contributed by atoms with Crippen LogP contribution in [0.25, 0.3) is 0 Å². The van der Waals surface area contributed by atoms with Crippen LogP contribution in [-0.2, 0) is 0 Å². The lowest BCUT2D eigenvalue weighted by Gasteiger charge is -2.18. The summed E-state index contributed by atoms with van der Waals surface area (Å²) >= 11 is 4.30. The van der Waals surface area contributed by atoms with E-state index in [2.05, 4.69) is 30.4 Å². The molecule has 0 unspecified atom stereocenters. The molecule has 40 valence electrons. The Hall–Kier alpha value is 1.05. The summed E-state index contributed by atoms with van der Waals surface area (Å²) in [4.78, 5) is 0. The molecule has 0 N–H and O–H groups in total. The summed E-state index contributed by atoms with van der Waals surface area (Å²) in [5.74, 6) is 0. The van der Waals surface area contributed by atoms with Gasteiger partial charge in [-0.3, -0.25) is 0 Å². The van der Waals surface area contributed by atoms with Crippen LogP contribution in [0.3, 0.4) is 0 Å². The van der Waals surface area contributed by atoms with E-state index in [-0.39, 0.29) is 0 Å². The van der Waals surface area contributed by atoms with Crippen molar-refractivity contribution >= 4 is 30.5 Å². The van der Waals surface area contributed by atoms with Gasteiger partial charge in [0.1, 0.15) is 0 Å². The predicted octanol–water partition coefficient (Wildman–Crippen LogP) is 2.17. The van der Waals surface area contributed by atoms with E-state index in [1.165, 1.54) is 0 Å². The van der Waals surface area contributed by atoms with E-state index in [1.54, 1.807) is 0 Å². The molecule has 0 aliphatic carbocycles. The molecule has 0 atom stereocenters. The van der Waals surface area contributed by atoms with E-state index in [4.69, 9.17) is 0 Å². The van der Waals surface area contributed by atoms with Crippen molar-refractivity contribution in [2.24, 2.45) is 0 Å². The number of hydrogen-bond donors (Lipinski definition) is 1. The van der Waals surface area contributed by atoms with Gasteiger partial charge in [0.25, 0.3) is 0 Å². The standard InChI is InChI=1S/C3H10S3/c1-5-6(2,3)4/h4H,1-3H3. The average Bonchev–Trinajstić information content (AvgIpc) is 1.35.